The van der Waals surface area contributed by atoms with Crippen molar-refractivity contribution in [3.63, 3.8) is 0 Å². The van der Waals surface area contributed by atoms with Crippen LogP contribution in [-0.2, 0) is 0 Å². The molecule has 1 saturated carbocycles. The highest BCUT2D eigenvalue weighted by atomic mass is 15.2. The molecule has 1 aliphatic carbocycles. The van der Waals surface area contributed by atoms with Crippen LogP contribution in [0.15, 0.2) is 0 Å². The van der Waals surface area contributed by atoms with Crippen molar-refractivity contribution in [2.24, 2.45) is 11.8 Å². The summed E-state index contributed by atoms with van der Waals surface area (Å²) < 4.78 is 0. The summed E-state index contributed by atoms with van der Waals surface area (Å²) >= 11 is 0. The van der Waals surface area contributed by atoms with E-state index in [-0.39, 0.29) is 0 Å². The van der Waals surface area contributed by atoms with E-state index in [1.807, 2.05) is 0 Å². The van der Waals surface area contributed by atoms with E-state index in [9.17, 15) is 0 Å². The van der Waals surface area contributed by atoms with E-state index in [0.29, 0.717) is 5.92 Å². The zero-order valence-corrected chi connectivity index (χ0v) is 10.7. The fourth-order valence-corrected chi connectivity index (χ4v) is 3.30. The molecule has 2 nitrogen and oxygen atoms in total. The molecule has 1 N–H and O–H groups in total. The predicted octanol–water partition coefficient (Wildman–Crippen LogP) is 3.67. The first-order valence-electron chi connectivity index (χ1n) is 7.14. The maximum absolute atomic E-state index is 8.37. The minimum Gasteiger partial charge on any atom is -0.360 e. The number of likely N-dealkylation sites (tertiary alicyclic amines) is 1. The van der Waals surface area contributed by atoms with Crippen molar-refractivity contribution in [3.8, 4) is 0 Å². The first-order valence-corrected chi connectivity index (χ1v) is 7.14. The molecule has 0 amide bonds. The Hall–Kier alpha value is -0.530. The number of piperidine rings is 1. The summed E-state index contributed by atoms with van der Waals surface area (Å²) in [5.74, 6) is 2.44. The fraction of sp³-hybridized carbons (Fsp3) is 0.929. The van der Waals surface area contributed by atoms with E-state index in [0.717, 1.165) is 24.8 Å². The molecule has 1 aliphatic heterocycles. The molecule has 0 spiro atoms. The number of amidine groups is 1. The monoisotopic (exact) mass is 222 g/mol. The standard InChI is InChI=1S/C14H26N2/c1-2-12-7-6-8-13(11-12)14(15)16-9-4-3-5-10-16/h12-13,15H,2-11H2,1H3. The van der Waals surface area contributed by atoms with Gasteiger partial charge >= 0.3 is 0 Å². The van der Waals surface area contributed by atoms with Crippen LogP contribution in [0.4, 0.5) is 0 Å². The normalized spacial score (nSPS) is 31.4. The van der Waals surface area contributed by atoms with E-state index in [2.05, 4.69) is 11.8 Å². The van der Waals surface area contributed by atoms with Crippen LogP contribution < -0.4 is 0 Å². The first kappa shape index (κ1) is 11.9. The Bertz CT molecular complexity index is 231. The second-order valence-corrected chi connectivity index (χ2v) is 5.57. The van der Waals surface area contributed by atoms with Gasteiger partial charge in [-0.05, 0) is 38.0 Å². The van der Waals surface area contributed by atoms with Crippen LogP contribution in [0.2, 0.25) is 0 Å². The lowest BCUT2D eigenvalue weighted by Crippen LogP contribution is -2.40. The highest BCUT2D eigenvalue weighted by Crippen LogP contribution is 2.32. The third-order valence-electron chi connectivity index (χ3n) is 4.44. The molecule has 0 aromatic carbocycles. The van der Waals surface area contributed by atoms with Gasteiger partial charge in [0.2, 0.25) is 0 Å². The fourth-order valence-electron chi connectivity index (χ4n) is 3.30. The van der Waals surface area contributed by atoms with E-state index >= 15 is 0 Å². The lowest BCUT2D eigenvalue weighted by molar-refractivity contribution is 0.268. The molecule has 2 rings (SSSR count). The molecule has 16 heavy (non-hydrogen) atoms. The van der Waals surface area contributed by atoms with Gasteiger partial charge in [0.25, 0.3) is 0 Å². The van der Waals surface area contributed by atoms with Gasteiger partial charge in [0, 0.05) is 19.0 Å². The topological polar surface area (TPSA) is 27.1 Å². The summed E-state index contributed by atoms with van der Waals surface area (Å²) in [5.41, 5.74) is 0. The van der Waals surface area contributed by atoms with Crippen molar-refractivity contribution >= 4 is 5.84 Å². The average molecular weight is 222 g/mol. The van der Waals surface area contributed by atoms with Crippen molar-refractivity contribution in [3.05, 3.63) is 0 Å². The third kappa shape index (κ3) is 2.78. The maximum Gasteiger partial charge on any atom is 0.0989 e. The van der Waals surface area contributed by atoms with Crippen LogP contribution >= 0.6 is 0 Å². The average Bonchev–Trinajstić information content (AvgIpc) is 2.39. The molecule has 0 radical (unpaired) electrons. The Balaban J connectivity index is 1.87. The highest BCUT2D eigenvalue weighted by Gasteiger charge is 2.27. The molecular weight excluding hydrogens is 196 g/mol. The molecular formula is C14H26N2. The lowest BCUT2D eigenvalue weighted by Gasteiger charge is -2.36. The number of nitrogens with zero attached hydrogens (tertiary/aromatic N) is 1. The van der Waals surface area contributed by atoms with Crippen molar-refractivity contribution in [1.29, 1.82) is 5.41 Å². The second-order valence-electron chi connectivity index (χ2n) is 5.57. The van der Waals surface area contributed by atoms with Gasteiger partial charge in [-0.15, -0.1) is 0 Å². The third-order valence-corrected chi connectivity index (χ3v) is 4.44. The van der Waals surface area contributed by atoms with Gasteiger partial charge < -0.3 is 4.90 Å². The number of hydrogen-bond donors (Lipinski definition) is 1. The van der Waals surface area contributed by atoms with Gasteiger partial charge in [-0.3, -0.25) is 5.41 Å². The first-order chi connectivity index (χ1) is 7.81. The van der Waals surface area contributed by atoms with Gasteiger partial charge in [0.1, 0.15) is 0 Å². The molecule has 2 aliphatic rings. The van der Waals surface area contributed by atoms with Crippen LogP contribution in [0, 0.1) is 17.2 Å². The second kappa shape index (κ2) is 5.70. The molecule has 92 valence electrons. The van der Waals surface area contributed by atoms with Gasteiger partial charge in [-0.2, -0.15) is 0 Å². The minimum absolute atomic E-state index is 0.580. The number of nitrogens with one attached hydrogen (secondary N) is 1. The largest absolute Gasteiger partial charge is 0.360 e. The summed E-state index contributed by atoms with van der Waals surface area (Å²) in [6.45, 7) is 4.59. The smallest absolute Gasteiger partial charge is 0.0989 e. The number of hydrogen-bond acceptors (Lipinski definition) is 1. The zero-order valence-electron chi connectivity index (χ0n) is 10.7. The van der Waals surface area contributed by atoms with Gasteiger partial charge in [0.05, 0.1) is 5.84 Å². The van der Waals surface area contributed by atoms with Crippen molar-refractivity contribution in [1.82, 2.24) is 4.90 Å². The molecule has 1 saturated heterocycles. The molecule has 2 heteroatoms. The zero-order chi connectivity index (χ0) is 11.4. The van der Waals surface area contributed by atoms with E-state index in [1.165, 1.54) is 51.4 Å². The molecule has 0 aromatic heterocycles. The van der Waals surface area contributed by atoms with Crippen molar-refractivity contribution < 1.29 is 0 Å². The minimum atomic E-state index is 0.580. The maximum atomic E-state index is 8.37. The van der Waals surface area contributed by atoms with E-state index < -0.39 is 0 Å². The van der Waals surface area contributed by atoms with Crippen molar-refractivity contribution in [2.75, 3.05) is 13.1 Å². The summed E-state index contributed by atoms with van der Waals surface area (Å²) in [6.07, 6.45) is 10.6. The molecule has 0 aromatic rings. The SMILES string of the molecule is CCC1CCCC(C(=N)N2CCCCC2)C1. The Labute approximate surface area is 99.9 Å². The Kier molecular flexibility index (Phi) is 4.25. The van der Waals surface area contributed by atoms with Gasteiger partial charge in [-0.1, -0.05) is 26.2 Å². The van der Waals surface area contributed by atoms with Crippen LogP contribution in [0.25, 0.3) is 0 Å². The lowest BCUT2D eigenvalue weighted by atomic mass is 9.79. The molecule has 2 atom stereocenters. The quantitative estimate of drug-likeness (QED) is 0.560. The van der Waals surface area contributed by atoms with Crippen LogP contribution in [0.1, 0.15) is 58.3 Å². The molecule has 1 heterocycles. The summed E-state index contributed by atoms with van der Waals surface area (Å²) in [5, 5.41) is 8.37. The molecule has 2 unspecified atom stereocenters. The van der Waals surface area contributed by atoms with Crippen LogP contribution in [0.5, 0.6) is 0 Å². The van der Waals surface area contributed by atoms with Crippen LogP contribution in [0.3, 0.4) is 0 Å². The van der Waals surface area contributed by atoms with Crippen LogP contribution in [-0.4, -0.2) is 23.8 Å². The predicted molar refractivity (Wildman–Crippen MR) is 68.9 cm³/mol. The highest BCUT2D eigenvalue weighted by molar-refractivity contribution is 5.81. The number of rotatable bonds is 2. The van der Waals surface area contributed by atoms with Gasteiger partial charge in [-0.25, -0.2) is 0 Å². The molecule has 2 fully saturated rings. The van der Waals surface area contributed by atoms with E-state index in [4.69, 9.17) is 5.41 Å². The van der Waals surface area contributed by atoms with Crippen molar-refractivity contribution in [2.45, 2.75) is 58.3 Å². The summed E-state index contributed by atoms with van der Waals surface area (Å²) in [7, 11) is 0. The summed E-state index contributed by atoms with van der Waals surface area (Å²) in [4.78, 5) is 2.35. The Morgan fingerprint density at radius 3 is 2.56 bits per heavy atom. The molecule has 0 bridgehead atoms. The Morgan fingerprint density at radius 2 is 1.88 bits per heavy atom. The van der Waals surface area contributed by atoms with Gasteiger partial charge in [0.15, 0.2) is 0 Å². The van der Waals surface area contributed by atoms with E-state index in [1.54, 1.807) is 0 Å². The summed E-state index contributed by atoms with van der Waals surface area (Å²) in [6, 6.07) is 0. The Morgan fingerprint density at radius 1 is 1.12 bits per heavy atom.